The number of amides is 3. The average molecular weight is 1050 g/mol. The van der Waals surface area contributed by atoms with E-state index in [1.54, 1.807) is 19.6 Å². The smallest absolute Gasteiger partial charge is 0.320 e. The molecule has 1 unspecified atom stereocenters. The van der Waals surface area contributed by atoms with Crippen LogP contribution in [0.1, 0.15) is 49.5 Å². The molecule has 27 nitrogen and oxygen atoms in total. The fourth-order valence-electron chi connectivity index (χ4n) is 7.20. The van der Waals surface area contributed by atoms with Crippen LogP contribution in [0.25, 0.3) is 0 Å². The number of ether oxygens (including phenoxy) is 6. The Kier molecular flexibility index (Phi) is 34.2. The van der Waals surface area contributed by atoms with E-state index in [9.17, 15) is 64.0 Å². The van der Waals surface area contributed by atoms with Crippen LogP contribution in [0, 0.1) is 0 Å². The van der Waals surface area contributed by atoms with E-state index in [1.165, 1.54) is 17.0 Å². The fraction of sp³-hybridized carbons (Fsp3) is 0.739. The molecule has 0 aromatic carbocycles. The van der Waals surface area contributed by atoms with Gasteiger partial charge in [-0.05, 0) is 18.9 Å². The van der Waals surface area contributed by atoms with Crippen molar-refractivity contribution in [3.63, 3.8) is 0 Å². The summed E-state index contributed by atoms with van der Waals surface area (Å²) in [5.74, 6) is -6.09. The van der Waals surface area contributed by atoms with Gasteiger partial charge < -0.3 is 69.6 Å². The molecule has 2 heterocycles. The number of carboxylic acids is 4. The Hall–Kier alpha value is -5.36. The molecule has 1 aromatic rings. The zero-order valence-electron chi connectivity index (χ0n) is 42.1. The summed E-state index contributed by atoms with van der Waals surface area (Å²) < 4.78 is 33.1. The number of unbranched alkanes of at least 4 members (excludes halogenated alkanes) is 1. The predicted molar refractivity (Wildman–Crippen MR) is 259 cm³/mol. The number of nitrogens with one attached hydrogen (secondary N) is 2. The van der Waals surface area contributed by atoms with Crippen molar-refractivity contribution in [2.24, 2.45) is 0 Å². The van der Waals surface area contributed by atoms with Gasteiger partial charge in [-0.3, -0.25) is 58.0 Å². The van der Waals surface area contributed by atoms with Crippen LogP contribution in [0.2, 0.25) is 0 Å². The lowest BCUT2D eigenvalue weighted by Crippen LogP contribution is -2.52. The molecular weight excluding hydrogens is 969 g/mol. The van der Waals surface area contributed by atoms with Gasteiger partial charge in [-0.15, -0.1) is 4.73 Å². The molecule has 1 aromatic heterocycles. The summed E-state index contributed by atoms with van der Waals surface area (Å²) in [6.07, 6.45) is 1.87. The van der Waals surface area contributed by atoms with Gasteiger partial charge in [-0.1, -0.05) is 19.4 Å². The number of hydrogen-bond acceptors (Lipinski definition) is 19. The maximum atomic E-state index is 13.5. The number of aliphatic carboxylic acids is 4. The maximum absolute atomic E-state index is 13.5. The van der Waals surface area contributed by atoms with Gasteiger partial charge in [0.15, 0.2) is 0 Å². The van der Waals surface area contributed by atoms with E-state index in [2.05, 4.69) is 17.6 Å². The zero-order valence-corrected chi connectivity index (χ0v) is 42.1. The Labute approximate surface area is 425 Å². The SMILES string of the molecule is CCCCOCCOCCOCCC(=O)NCCOCCOCCOCCN(CCNC(=O)CCC(C(=O)O)N1CCN(CC(=O)O)CCN(CC(=O)O)CCN(CC(=O)O)CC1)C(=O)c1cccc(=O)n1O. The standard InChI is InChI=1S/C46H78N8O19/c1-2-3-22-68-26-30-72-31-27-69-23-9-40(56)48-11-24-70-28-32-73-33-29-71-25-21-53(45(64)37-5-4-6-41(57)54(37)67)12-10-47-39(55)8-7-38(46(65)66)52-19-17-50(35-43(60)61)15-13-49(34-42(58)59)14-16-51(18-20-52)36-44(62)63/h4-6,38,67H,2-3,7-36H2,1H3,(H,47,55)(H,48,56)(H,58,59)(H,60,61)(H,62,63)(H,65,66). The Balaban J connectivity index is 1.82. The van der Waals surface area contributed by atoms with Gasteiger partial charge in [0.25, 0.3) is 11.5 Å². The second-order valence-corrected chi connectivity index (χ2v) is 16.8. The fourth-order valence-corrected chi connectivity index (χ4v) is 7.20. The lowest BCUT2D eigenvalue weighted by molar-refractivity contribution is -0.145. The molecular formula is C46H78N8O19. The zero-order chi connectivity index (χ0) is 53.6. The van der Waals surface area contributed by atoms with Crippen LogP contribution in [0.5, 0.6) is 0 Å². The molecule has 1 aliphatic rings. The van der Waals surface area contributed by atoms with Crippen LogP contribution >= 0.6 is 0 Å². The molecule has 73 heavy (non-hydrogen) atoms. The molecule has 0 bridgehead atoms. The van der Waals surface area contributed by atoms with E-state index >= 15 is 0 Å². The van der Waals surface area contributed by atoms with Gasteiger partial charge in [0.1, 0.15) is 11.7 Å². The Morgan fingerprint density at radius 1 is 0.575 bits per heavy atom. The molecule has 7 N–H and O–H groups in total. The number of nitrogens with zero attached hydrogens (tertiary/aromatic N) is 6. The lowest BCUT2D eigenvalue weighted by Gasteiger charge is -2.35. The van der Waals surface area contributed by atoms with Gasteiger partial charge in [-0.2, -0.15) is 0 Å². The van der Waals surface area contributed by atoms with Crippen molar-refractivity contribution in [1.82, 2.24) is 39.9 Å². The summed E-state index contributed by atoms with van der Waals surface area (Å²) in [4.78, 5) is 106. The summed E-state index contributed by atoms with van der Waals surface area (Å²) in [5.41, 5.74) is -1.17. The highest BCUT2D eigenvalue weighted by Gasteiger charge is 2.29. The first-order valence-corrected chi connectivity index (χ1v) is 24.6. The Morgan fingerprint density at radius 3 is 1.53 bits per heavy atom. The summed E-state index contributed by atoms with van der Waals surface area (Å²) in [5, 5.41) is 54.5. The largest absolute Gasteiger partial charge is 0.480 e. The number of aromatic nitrogens is 1. The molecule has 1 fully saturated rings. The third kappa shape index (κ3) is 30.4. The minimum Gasteiger partial charge on any atom is -0.480 e. The van der Waals surface area contributed by atoms with Crippen molar-refractivity contribution in [1.29, 1.82) is 0 Å². The highest BCUT2D eigenvalue weighted by atomic mass is 16.6. The monoisotopic (exact) mass is 1050 g/mol. The van der Waals surface area contributed by atoms with Gasteiger partial charge in [0.2, 0.25) is 11.8 Å². The lowest BCUT2D eigenvalue weighted by atomic mass is 10.1. The van der Waals surface area contributed by atoms with Crippen LogP contribution in [0.3, 0.4) is 0 Å². The minimum absolute atomic E-state index is 0.0136. The molecule has 416 valence electrons. The first kappa shape index (κ1) is 63.8. The van der Waals surface area contributed by atoms with Crippen LogP contribution < -0.4 is 16.2 Å². The molecule has 3 amide bonds. The van der Waals surface area contributed by atoms with E-state index in [1.807, 2.05) is 0 Å². The number of carbonyl (C=O) groups is 7. The highest BCUT2D eigenvalue weighted by molar-refractivity contribution is 5.92. The first-order chi connectivity index (χ1) is 35.1. The van der Waals surface area contributed by atoms with E-state index in [-0.39, 0.29) is 160 Å². The highest BCUT2D eigenvalue weighted by Crippen LogP contribution is 2.11. The summed E-state index contributed by atoms with van der Waals surface area (Å²) in [6.45, 7) is 5.91. The summed E-state index contributed by atoms with van der Waals surface area (Å²) in [6, 6.07) is 2.39. The van der Waals surface area contributed by atoms with Gasteiger partial charge in [0, 0.05) is 104 Å². The molecule has 1 saturated heterocycles. The molecule has 0 radical (unpaired) electrons. The van der Waals surface area contributed by atoms with Crippen LogP contribution in [0.15, 0.2) is 23.0 Å². The molecule has 1 aliphatic heterocycles. The second kappa shape index (κ2) is 39.1. The average Bonchev–Trinajstić information content (AvgIpc) is 3.33. The van der Waals surface area contributed by atoms with Crippen LogP contribution in [-0.2, 0) is 57.2 Å². The maximum Gasteiger partial charge on any atom is 0.320 e. The molecule has 2 rings (SSSR count). The number of hydrogen-bond donors (Lipinski definition) is 7. The van der Waals surface area contributed by atoms with E-state index in [4.69, 9.17) is 28.4 Å². The second-order valence-electron chi connectivity index (χ2n) is 16.8. The van der Waals surface area contributed by atoms with Crippen molar-refractivity contribution in [3.05, 3.63) is 34.2 Å². The summed E-state index contributed by atoms with van der Waals surface area (Å²) >= 11 is 0. The Bertz CT molecular complexity index is 1810. The van der Waals surface area contributed by atoms with Crippen molar-refractivity contribution in [2.75, 3.05) is 177 Å². The van der Waals surface area contributed by atoms with Gasteiger partial charge in [0.05, 0.1) is 92.3 Å². The number of carbonyl (C=O) groups excluding carboxylic acids is 3. The third-order valence-electron chi connectivity index (χ3n) is 11.1. The van der Waals surface area contributed by atoms with E-state index < -0.39 is 60.4 Å². The van der Waals surface area contributed by atoms with Crippen LogP contribution in [0.4, 0.5) is 0 Å². The quantitative estimate of drug-likeness (QED) is 0.0271. The number of pyridine rings is 1. The van der Waals surface area contributed by atoms with E-state index in [0.717, 1.165) is 25.5 Å². The van der Waals surface area contributed by atoms with Crippen molar-refractivity contribution in [2.45, 2.75) is 45.1 Å². The third-order valence-corrected chi connectivity index (χ3v) is 11.1. The van der Waals surface area contributed by atoms with Gasteiger partial charge >= 0.3 is 23.9 Å². The number of carboxylic acid groups (broad SMARTS) is 4. The topological polar surface area (TPSA) is 338 Å². The molecule has 27 heteroatoms. The molecule has 0 aliphatic carbocycles. The first-order valence-electron chi connectivity index (χ1n) is 24.6. The molecule has 0 spiro atoms. The van der Waals surface area contributed by atoms with Crippen LogP contribution in [-0.4, -0.2) is 280 Å². The van der Waals surface area contributed by atoms with Crippen molar-refractivity contribution < 1.29 is 87.6 Å². The number of rotatable bonds is 39. The van der Waals surface area contributed by atoms with Crippen molar-refractivity contribution in [3.8, 4) is 0 Å². The van der Waals surface area contributed by atoms with Crippen molar-refractivity contribution >= 4 is 41.6 Å². The Morgan fingerprint density at radius 2 is 1.03 bits per heavy atom. The van der Waals surface area contributed by atoms with E-state index in [0.29, 0.717) is 33.0 Å². The summed E-state index contributed by atoms with van der Waals surface area (Å²) in [7, 11) is 0. The van der Waals surface area contributed by atoms with Gasteiger partial charge in [-0.25, -0.2) is 0 Å². The molecule has 1 atom stereocenters. The molecule has 0 saturated carbocycles. The normalized spacial score (nSPS) is 14.9. The minimum atomic E-state index is -1.26. The predicted octanol–water partition coefficient (Wildman–Crippen LogP) is -2.24.